The highest BCUT2D eigenvalue weighted by Crippen LogP contribution is 2.24. The molecule has 0 aromatic carbocycles. The average molecular weight is 261 g/mol. The van der Waals surface area contributed by atoms with Crippen molar-refractivity contribution in [1.29, 1.82) is 0 Å². The van der Waals surface area contributed by atoms with Gasteiger partial charge in [-0.25, -0.2) is 9.50 Å². The van der Waals surface area contributed by atoms with Crippen LogP contribution >= 0.6 is 0 Å². The molecule has 3 heterocycles. The van der Waals surface area contributed by atoms with Gasteiger partial charge in [-0.1, -0.05) is 0 Å². The van der Waals surface area contributed by atoms with Gasteiger partial charge in [-0.2, -0.15) is 0 Å². The first kappa shape index (κ1) is 12.4. The Morgan fingerprint density at radius 3 is 3.21 bits per heavy atom. The summed E-state index contributed by atoms with van der Waals surface area (Å²) in [5.74, 6) is 0.889. The molecule has 1 aliphatic rings. The number of nitrogens with one attached hydrogen (secondary N) is 1. The molecule has 0 unspecified atom stereocenters. The SMILES string of the molecule is CNC[C@]1(O)CCCN(c2ccc3nccn3n2)C1. The maximum atomic E-state index is 10.5. The molecule has 0 saturated carbocycles. The molecule has 102 valence electrons. The second-order valence-corrected chi connectivity index (χ2v) is 5.20. The Bertz CT molecular complexity index is 565. The zero-order valence-corrected chi connectivity index (χ0v) is 11.1. The fraction of sp³-hybridized carbons (Fsp3) is 0.538. The monoisotopic (exact) mass is 261 g/mol. The van der Waals surface area contributed by atoms with Crippen LogP contribution in [0.15, 0.2) is 24.5 Å². The summed E-state index contributed by atoms with van der Waals surface area (Å²) in [6.45, 7) is 2.15. The van der Waals surface area contributed by atoms with Crippen molar-refractivity contribution >= 4 is 11.5 Å². The standard InChI is InChI=1S/C13H19N5O/c1-14-9-13(19)5-2-7-17(10-13)12-4-3-11-15-6-8-18(11)16-12/h3-4,6,8,14,19H,2,5,7,9-10H2,1H3/t13-/m1/s1. The van der Waals surface area contributed by atoms with Crippen LogP contribution in [0.4, 0.5) is 5.82 Å². The summed E-state index contributed by atoms with van der Waals surface area (Å²) < 4.78 is 1.76. The molecule has 2 aromatic heterocycles. The number of hydrogen-bond acceptors (Lipinski definition) is 5. The summed E-state index contributed by atoms with van der Waals surface area (Å²) in [4.78, 5) is 6.32. The van der Waals surface area contributed by atoms with Gasteiger partial charge in [0.15, 0.2) is 5.65 Å². The molecule has 19 heavy (non-hydrogen) atoms. The van der Waals surface area contributed by atoms with Gasteiger partial charge in [0, 0.05) is 32.0 Å². The van der Waals surface area contributed by atoms with Crippen LogP contribution in [0.25, 0.3) is 5.65 Å². The minimum atomic E-state index is -0.668. The topological polar surface area (TPSA) is 65.7 Å². The van der Waals surface area contributed by atoms with Gasteiger partial charge in [-0.3, -0.25) is 0 Å². The van der Waals surface area contributed by atoms with E-state index in [9.17, 15) is 5.11 Å². The number of likely N-dealkylation sites (N-methyl/N-ethyl adjacent to an activating group) is 1. The number of β-amino-alcohol motifs (C(OH)–C–C–N with tert-alkyl or cyclic N) is 1. The molecule has 1 aliphatic heterocycles. The smallest absolute Gasteiger partial charge is 0.153 e. The van der Waals surface area contributed by atoms with Crippen LogP contribution in [-0.2, 0) is 0 Å². The predicted octanol–water partition coefficient (Wildman–Crippen LogP) is 0.280. The quantitative estimate of drug-likeness (QED) is 0.831. The number of fused-ring (bicyclic) bond motifs is 1. The van der Waals surface area contributed by atoms with Crippen molar-refractivity contribution in [2.75, 3.05) is 31.6 Å². The van der Waals surface area contributed by atoms with Gasteiger partial charge in [0.2, 0.25) is 0 Å². The molecule has 1 atom stereocenters. The van der Waals surface area contributed by atoms with E-state index in [2.05, 4.69) is 20.3 Å². The zero-order valence-electron chi connectivity index (χ0n) is 11.1. The fourth-order valence-corrected chi connectivity index (χ4v) is 2.76. The third-order valence-electron chi connectivity index (χ3n) is 3.63. The molecule has 0 spiro atoms. The van der Waals surface area contributed by atoms with E-state index in [-0.39, 0.29) is 0 Å². The van der Waals surface area contributed by atoms with Crippen LogP contribution in [0.5, 0.6) is 0 Å². The molecule has 2 N–H and O–H groups in total. The Labute approximate surface area is 112 Å². The number of rotatable bonds is 3. The number of piperidine rings is 1. The van der Waals surface area contributed by atoms with Gasteiger partial charge in [-0.15, -0.1) is 5.10 Å². The summed E-state index contributed by atoms with van der Waals surface area (Å²) in [5.41, 5.74) is 0.171. The lowest BCUT2D eigenvalue weighted by atomic mass is 9.93. The molecular formula is C13H19N5O. The van der Waals surface area contributed by atoms with Crippen molar-refractivity contribution in [1.82, 2.24) is 19.9 Å². The molecule has 2 aromatic rings. The molecule has 0 radical (unpaired) electrons. The third-order valence-corrected chi connectivity index (χ3v) is 3.63. The summed E-state index contributed by atoms with van der Waals surface area (Å²) in [7, 11) is 1.87. The van der Waals surface area contributed by atoms with Crippen molar-refractivity contribution in [2.24, 2.45) is 0 Å². The van der Waals surface area contributed by atoms with Crippen LogP contribution in [0.1, 0.15) is 12.8 Å². The lowest BCUT2D eigenvalue weighted by molar-refractivity contribution is 0.0279. The second-order valence-electron chi connectivity index (χ2n) is 5.20. The maximum absolute atomic E-state index is 10.5. The van der Waals surface area contributed by atoms with Crippen LogP contribution < -0.4 is 10.2 Å². The minimum Gasteiger partial charge on any atom is -0.387 e. The molecule has 3 rings (SSSR count). The van der Waals surface area contributed by atoms with Crippen molar-refractivity contribution in [3.05, 3.63) is 24.5 Å². The fourth-order valence-electron chi connectivity index (χ4n) is 2.76. The van der Waals surface area contributed by atoms with Gasteiger partial charge < -0.3 is 15.3 Å². The number of anilines is 1. The van der Waals surface area contributed by atoms with E-state index in [0.717, 1.165) is 30.9 Å². The number of nitrogens with zero attached hydrogens (tertiary/aromatic N) is 4. The molecular weight excluding hydrogens is 242 g/mol. The Morgan fingerprint density at radius 2 is 2.37 bits per heavy atom. The summed E-state index contributed by atoms with van der Waals surface area (Å²) in [6, 6.07) is 3.92. The van der Waals surface area contributed by atoms with Gasteiger partial charge in [-0.05, 0) is 32.0 Å². The molecule has 0 bridgehead atoms. The van der Waals surface area contributed by atoms with Crippen LogP contribution in [0.2, 0.25) is 0 Å². The molecule has 6 nitrogen and oxygen atoms in total. The van der Waals surface area contributed by atoms with Crippen molar-refractivity contribution in [3.63, 3.8) is 0 Å². The Balaban J connectivity index is 1.84. The predicted molar refractivity (Wildman–Crippen MR) is 73.3 cm³/mol. The number of imidazole rings is 1. The second kappa shape index (κ2) is 4.79. The van der Waals surface area contributed by atoms with Crippen LogP contribution in [0.3, 0.4) is 0 Å². The summed E-state index contributed by atoms with van der Waals surface area (Å²) >= 11 is 0. The van der Waals surface area contributed by atoms with E-state index in [1.807, 2.05) is 25.4 Å². The van der Waals surface area contributed by atoms with Crippen LogP contribution in [-0.4, -0.2) is 52.0 Å². The minimum absolute atomic E-state index is 0.608. The average Bonchev–Trinajstić information content (AvgIpc) is 2.85. The number of aliphatic hydroxyl groups is 1. The van der Waals surface area contributed by atoms with E-state index in [0.29, 0.717) is 13.1 Å². The van der Waals surface area contributed by atoms with E-state index >= 15 is 0 Å². The highest BCUT2D eigenvalue weighted by molar-refractivity contribution is 5.46. The van der Waals surface area contributed by atoms with Gasteiger partial charge in [0.25, 0.3) is 0 Å². The largest absolute Gasteiger partial charge is 0.387 e. The van der Waals surface area contributed by atoms with Gasteiger partial charge >= 0.3 is 0 Å². The number of hydrogen-bond donors (Lipinski definition) is 2. The maximum Gasteiger partial charge on any atom is 0.153 e. The first-order valence-corrected chi connectivity index (χ1v) is 6.63. The lowest BCUT2D eigenvalue weighted by Crippen LogP contribution is -2.53. The van der Waals surface area contributed by atoms with Crippen LogP contribution in [0, 0.1) is 0 Å². The molecule has 6 heteroatoms. The first-order chi connectivity index (χ1) is 9.20. The molecule has 0 amide bonds. The molecule has 1 fully saturated rings. The highest BCUT2D eigenvalue weighted by Gasteiger charge is 2.33. The van der Waals surface area contributed by atoms with E-state index in [1.54, 1.807) is 10.7 Å². The number of aromatic nitrogens is 3. The van der Waals surface area contributed by atoms with Crippen molar-refractivity contribution < 1.29 is 5.11 Å². The Morgan fingerprint density at radius 1 is 1.47 bits per heavy atom. The van der Waals surface area contributed by atoms with Crippen molar-refractivity contribution in [3.8, 4) is 0 Å². The van der Waals surface area contributed by atoms with Gasteiger partial charge in [0.1, 0.15) is 5.82 Å². The zero-order chi connectivity index (χ0) is 13.3. The van der Waals surface area contributed by atoms with Crippen molar-refractivity contribution in [2.45, 2.75) is 18.4 Å². The normalized spacial score (nSPS) is 24.0. The van der Waals surface area contributed by atoms with E-state index < -0.39 is 5.60 Å². The molecule has 1 saturated heterocycles. The lowest BCUT2D eigenvalue weighted by Gasteiger charge is -2.39. The third kappa shape index (κ3) is 2.41. The summed E-state index contributed by atoms with van der Waals surface area (Å²) in [6.07, 6.45) is 5.38. The van der Waals surface area contributed by atoms with E-state index in [1.165, 1.54) is 0 Å². The van der Waals surface area contributed by atoms with Gasteiger partial charge in [0.05, 0.1) is 5.60 Å². The van der Waals surface area contributed by atoms with E-state index in [4.69, 9.17) is 0 Å². The first-order valence-electron chi connectivity index (χ1n) is 6.63. The summed E-state index contributed by atoms with van der Waals surface area (Å²) in [5, 5.41) is 18.1. The highest BCUT2D eigenvalue weighted by atomic mass is 16.3. The Hall–Kier alpha value is -1.66. The Kier molecular flexibility index (Phi) is 3.12. The molecule has 0 aliphatic carbocycles.